The van der Waals surface area contributed by atoms with Crippen molar-refractivity contribution in [3.05, 3.63) is 94.8 Å². The number of hydrogen-bond donors (Lipinski definition) is 1. The van der Waals surface area contributed by atoms with E-state index in [0.29, 0.717) is 17.4 Å². The van der Waals surface area contributed by atoms with Crippen molar-refractivity contribution in [1.82, 2.24) is 5.32 Å². The first-order chi connectivity index (χ1) is 12.6. The zero-order chi connectivity index (χ0) is 18.5. The zero-order valence-electron chi connectivity index (χ0n) is 14.3. The van der Waals surface area contributed by atoms with E-state index in [9.17, 15) is 14.0 Å². The van der Waals surface area contributed by atoms with Gasteiger partial charge in [0.05, 0.1) is 5.56 Å². The molecule has 3 aromatic carbocycles. The van der Waals surface area contributed by atoms with E-state index in [1.165, 1.54) is 17.7 Å². The summed E-state index contributed by atoms with van der Waals surface area (Å²) in [5.74, 6) is -0.824. The quantitative estimate of drug-likeness (QED) is 0.689. The highest BCUT2D eigenvalue weighted by molar-refractivity contribution is 5.94. The number of hydrogen-bond acceptors (Lipinski definition) is 2. The van der Waals surface area contributed by atoms with Gasteiger partial charge in [-0.1, -0.05) is 42.5 Å². The number of benzene rings is 3. The molecule has 0 aliphatic rings. The van der Waals surface area contributed by atoms with Crippen molar-refractivity contribution in [1.29, 1.82) is 0 Å². The van der Waals surface area contributed by atoms with Crippen molar-refractivity contribution >= 4 is 12.2 Å². The molecule has 0 atom stereocenters. The molecular formula is C22H18FNO2. The van der Waals surface area contributed by atoms with Crippen molar-refractivity contribution in [2.75, 3.05) is 0 Å². The van der Waals surface area contributed by atoms with Crippen LogP contribution in [-0.2, 0) is 6.54 Å². The van der Waals surface area contributed by atoms with Gasteiger partial charge in [-0.05, 0) is 53.4 Å². The highest BCUT2D eigenvalue weighted by Crippen LogP contribution is 2.23. The highest BCUT2D eigenvalue weighted by Gasteiger charge is 2.08. The standard InChI is InChI=1S/C22H18FNO2/c1-15-4-2-3-5-20(15)17-8-10-18(11-9-17)22(26)24-13-16-6-7-19(14-25)21(23)12-16/h2-12,14H,13H2,1H3,(H,24,26). The predicted octanol–water partition coefficient (Wildman–Crippen LogP) is 4.54. The third kappa shape index (κ3) is 3.86. The Morgan fingerprint density at radius 2 is 1.77 bits per heavy atom. The molecule has 0 saturated heterocycles. The van der Waals surface area contributed by atoms with Gasteiger partial charge in [0.15, 0.2) is 6.29 Å². The van der Waals surface area contributed by atoms with Crippen molar-refractivity contribution in [2.24, 2.45) is 0 Å². The van der Waals surface area contributed by atoms with Crippen LogP contribution in [0.3, 0.4) is 0 Å². The lowest BCUT2D eigenvalue weighted by atomic mass is 9.99. The maximum atomic E-state index is 13.6. The molecule has 0 bridgehead atoms. The summed E-state index contributed by atoms with van der Waals surface area (Å²) in [5, 5.41) is 2.76. The fraction of sp³-hybridized carbons (Fsp3) is 0.0909. The zero-order valence-corrected chi connectivity index (χ0v) is 14.3. The molecule has 3 aromatic rings. The Morgan fingerprint density at radius 3 is 2.42 bits per heavy atom. The Kier molecular flexibility index (Phi) is 5.23. The molecule has 1 N–H and O–H groups in total. The molecule has 3 rings (SSSR count). The molecule has 0 saturated carbocycles. The van der Waals surface area contributed by atoms with E-state index in [1.54, 1.807) is 18.2 Å². The van der Waals surface area contributed by atoms with Crippen LogP contribution in [0.15, 0.2) is 66.7 Å². The Bertz CT molecular complexity index is 949. The van der Waals surface area contributed by atoms with Gasteiger partial charge < -0.3 is 5.32 Å². The minimum absolute atomic E-state index is 0.00636. The van der Waals surface area contributed by atoms with Crippen LogP contribution < -0.4 is 5.32 Å². The normalized spacial score (nSPS) is 10.4. The number of carbonyl (C=O) groups is 2. The van der Waals surface area contributed by atoms with Crippen LogP contribution in [0.5, 0.6) is 0 Å². The summed E-state index contributed by atoms with van der Waals surface area (Å²) in [6, 6.07) is 19.7. The van der Waals surface area contributed by atoms with E-state index in [1.807, 2.05) is 43.3 Å². The van der Waals surface area contributed by atoms with Crippen LogP contribution in [-0.4, -0.2) is 12.2 Å². The second kappa shape index (κ2) is 7.74. The van der Waals surface area contributed by atoms with Gasteiger partial charge >= 0.3 is 0 Å². The molecule has 0 spiro atoms. The number of nitrogens with one attached hydrogen (secondary N) is 1. The van der Waals surface area contributed by atoms with E-state index in [0.717, 1.165) is 11.1 Å². The van der Waals surface area contributed by atoms with Gasteiger partial charge in [0, 0.05) is 12.1 Å². The largest absolute Gasteiger partial charge is 0.348 e. The van der Waals surface area contributed by atoms with Gasteiger partial charge in [-0.15, -0.1) is 0 Å². The first-order valence-electron chi connectivity index (χ1n) is 8.26. The Morgan fingerprint density at radius 1 is 1.04 bits per heavy atom. The van der Waals surface area contributed by atoms with Crippen LogP contribution in [0, 0.1) is 12.7 Å². The van der Waals surface area contributed by atoms with Crippen molar-refractivity contribution in [2.45, 2.75) is 13.5 Å². The fourth-order valence-corrected chi connectivity index (χ4v) is 2.76. The molecule has 0 radical (unpaired) electrons. The third-order valence-corrected chi connectivity index (χ3v) is 4.25. The summed E-state index contributed by atoms with van der Waals surface area (Å²) in [5.41, 5.74) is 4.49. The topological polar surface area (TPSA) is 46.2 Å². The van der Waals surface area contributed by atoms with Gasteiger partial charge in [0.1, 0.15) is 5.82 Å². The van der Waals surface area contributed by atoms with Crippen molar-refractivity contribution < 1.29 is 14.0 Å². The van der Waals surface area contributed by atoms with Gasteiger partial charge in [-0.2, -0.15) is 0 Å². The molecule has 0 aliphatic heterocycles. The number of aryl methyl sites for hydroxylation is 1. The van der Waals surface area contributed by atoms with Crippen LogP contribution in [0.1, 0.15) is 31.8 Å². The number of rotatable bonds is 5. The molecule has 4 heteroatoms. The summed E-state index contributed by atoms with van der Waals surface area (Å²) in [6.45, 7) is 2.24. The summed E-state index contributed by atoms with van der Waals surface area (Å²) >= 11 is 0. The first-order valence-corrected chi connectivity index (χ1v) is 8.26. The molecule has 0 aliphatic carbocycles. The molecule has 0 aromatic heterocycles. The smallest absolute Gasteiger partial charge is 0.251 e. The van der Waals surface area contributed by atoms with Crippen LogP contribution >= 0.6 is 0 Å². The Hall–Kier alpha value is -3.27. The molecule has 0 heterocycles. The number of carbonyl (C=O) groups excluding carboxylic acids is 2. The number of halogens is 1. The van der Waals surface area contributed by atoms with Gasteiger partial charge in [0.25, 0.3) is 5.91 Å². The predicted molar refractivity (Wildman–Crippen MR) is 99.6 cm³/mol. The fourth-order valence-electron chi connectivity index (χ4n) is 2.76. The maximum Gasteiger partial charge on any atom is 0.251 e. The van der Waals surface area contributed by atoms with Crippen LogP contribution in [0.2, 0.25) is 0 Å². The lowest BCUT2D eigenvalue weighted by Gasteiger charge is -2.08. The summed E-state index contributed by atoms with van der Waals surface area (Å²) in [4.78, 5) is 22.9. The maximum absolute atomic E-state index is 13.6. The van der Waals surface area contributed by atoms with E-state index in [4.69, 9.17) is 0 Å². The Balaban J connectivity index is 1.68. The van der Waals surface area contributed by atoms with Gasteiger partial charge in [-0.3, -0.25) is 9.59 Å². The molecule has 130 valence electrons. The summed E-state index contributed by atoms with van der Waals surface area (Å²) in [6.07, 6.45) is 0.466. The summed E-state index contributed by atoms with van der Waals surface area (Å²) < 4.78 is 13.6. The molecule has 26 heavy (non-hydrogen) atoms. The second-order valence-corrected chi connectivity index (χ2v) is 6.05. The number of amides is 1. The van der Waals surface area contributed by atoms with Crippen molar-refractivity contribution in [3.63, 3.8) is 0 Å². The van der Waals surface area contributed by atoms with Gasteiger partial charge in [0.2, 0.25) is 0 Å². The first kappa shape index (κ1) is 17.5. The van der Waals surface area contributed by atoms with E-state index >= 15 is 0 Å². The van der Waals surface area contributed by atoms with Gasteiger partial charge in [-0.25, -0.2) is 4.39 Å². The lowest BCUT2D eigenvalue weighted by Crippen LogP contribution is -2.22. The molecule has 1 amide bonds. The lowest BCUT2D eigenvalue weighted by molar-refractivity contribution is 0.0950. The van der Waals surface area contributed by atoms with E-state index < -0.39 is 5.82 Å². The minimum Gasteiger partial charge on any atom is -0.348 e. The van der Waals surface area contributed by atoms with Crippen LogP contribution in [0.4, 0.5) is 4.39 Å². The molecule has 0 fully saturated rings. The SMILES string of the molecule is Cc1ccccc1-c1ccc(C(=O)NCc2ccc(C=O)c(F)c2)cc1. The molecular weight excluding hydrogens is 329 g/mol. The van der Waals surface area contributed by atoms with Crippen LogP contribution in [0.25, 0.3) is 11.1 Å². The molecule has 3 nitrogen and oxygen atoms in total. The minimum atomic E-state index is -0.589. The van der Waals surface area contributed by atoms with E-state index in [2.05, 4.69) is 5.32 Å². The monoisotopic (exact) mass is 347 g/mol. The highest BCUT2D eigenvalue weighted by atomic mass is 19.1. The second-order valence-electron chi connectivity index (χ2n) is 6.05. The average Bonchev–Trinajstić information content (AvgIpc) is 2.67. The number of aldehydes is 1. The average molecular weight is 347 g/mol. The Labute approximate surface area is 151 Å². The molecule has 0 unspecified atom stereocenters. The van der Waals surface area contributed by atoms with Crippen molar-refractivity contribution in [3.8, 4) is 11.1 Å². The summed E-state index contributed by atoms with van der Waals surface area (Å²) in [7, 11) is 0. The third-order valence-electron chi connectivity index (χ3n) is 4.25. The van der Waals surface area contributed by atoms with E-state index in [-0.39, 0.29) is 18.0 Å².